The van der Waals surface area contributed by atoms with Gasteiger partial charge in [0.25, 0.3) is 0 Å². The number of nitrogens with two attached hydrogens (primary N) is 4. The predicted octanol–water partition coefficient (Wildman–Crippen LogP) is -3.47. The number of unbranched alkanes of at least 4 members (excludes halogenated alkanes) is 8. The Balaban J connectivity index is 2.13. The molecular weight excluding hydrogens is 969 g/mol. The van der Waals surface area contributed by atoms with E-state index in [2.05, 4.69) is 44.1 Å². The van der Waals surface area contributed by atoms with Gasteiger partial charge in [0.2, 0.25) is 70.9 Å². The highest BCUT2D eigenvalue weighted by molar-refractivity contribution is 6.00. The number of benzene rings is 1. The summed E-state index contributed by atoms with van der Waals surface area (Å²) in [7, 11) is 0. The lowest BCUT2D eigenvalue weighted by molar-refractivity contribution is -0.143. The van der Waals surface area contributed by atoms with Gasteiger partial charge >= 0.3 is 0 Å². The first-order chi connectivity index (χ1) is 35.1. The first-order valence-electron chi connectivity index (χ1n) is 25.1. The molecule has 2 aliphatic rings. The summed E-state index contributed by atoms with van der Waals surface area (Å²) in [6, 6.07) is -7.35. The number of aliphatic hydroxyl groups is 1. The number of primary amides is 4. The Morgan fingerprint density at radius 1 is 0.554 bits per heavy atom. The summed E-state index contributed by atoms with van der Waals surface area (Å²) < 4.78 is 0. The van der Waals surface area contributed by atoms with Crippen LogP contribution in [0.25, 0.3) is 0 Å². The summed E-state index contributed by atoms with van der Waals surface area (Å²) in [5.41, 5.74) is 22.2. The predicted molar refractivity (Wildman–Crippen MR) is 263 cm³/mol. The van der Waals surface area contributed by atoms with Crippen LogP contribution >= 0.6 is 0 Å². The number of nitrogens with one attached hydrogen (secondary N) is 7. The smallest absolute Gasteiger partial charge is 0.245 e. The van der Waals surface area contributed by atoms with Crippen LogP contribution < -0.4 is 60.2 Å². The molecule has 0 unspecified atom stereocenters. The van der Waals surface area contributed by atoms with Gasteiger partial charge in [0.15, 0.2) is 0 Å². The summed E-state index contributed by atoms with van der Waals surface area (Å²) in [6.07, 6.45) is 4.57. The highest BCUT2D eigenvalue weighted by Gasteiger charge is 2.41. The third-order valence-corrected chi connectivity index (χ3v) is 12.5. The largest absolute Gasteiger partial charge is 0.508 e. The number of fused-ring (bicyclic) bond motifs is 1. The molecule has 1 aromatic rings. The van der Waals surface area contributed by atoms with E-state index in [0.717, 1.165) is 49.8 Å². The van der Waals surface area contributed by atoms with Crippen molar-refractivity contribution in [3.05, 3.63) is 29.8 Å². The van der Waals surface area contributed by atoms with E-state index in [-0.39, 0.29) is 38.0 Å². The fraction of sp³-hybridized carbons (Fsp3) is 0.625. The first-order valence-corrected chi connectivity index (χ1v) is 25.1. The van der Waals surface area contributed by atoms with Gasteiger partial charge in [-0.3, -0.25) is 57.5 Å². The number of hydrogen-bond acceptors (Lipinski definition) is 14. The average Bonchev–Trinajstić information content (AvgIpc) is 3.83. The zero-order chi connectivity index (χ0) is 54.9. The second-order valence-corrected chi connectivity index (χ2v) is 18.7. The Morgan fingerprint density at radius 2 is 1.01 bits per heavy atom. The lowest BCUT2D eigenvalue weighted by Crippen LogP contribution is -2.60. The molecule has 2 saturated heterocycles. The van der Waals surface area contributed by atoms with Gasteiger partial charge in [-0.2, -0.15) is 0 Å². The molecule has 2 aliphatic heterocycles. The number of carbonyl (C=O) groups is 12. The Morgan fingerprint density at radius 3 is 1.54 bits per heavy atom. The SMILES string of the molecule is CCCCCCCCCCC[C@@H]1CC(=O)N[C@@H](CC(N)=O)C(=O)N[C@H](Cc2ccc(O)cc2)C(=O)N[C@H](CC(N)=O)C(=O)N[C@@H](CCC(N)=O)C(=O)N2CCC[C@H]2C(=O)N[C@H](CC(N)=O)C(=O)N[C@@H](CO)C(=O)N1. The van der Waals surface area contributed by atoms with Crippen molar-refractivity contribution < 1.29 is 67.7 Å². The summed E-state index contributed by atoms with van der Waals surface area (Å²) in [4.78, 5) is 162. The maximum absolute atomic E-state index is 14.3. The minimum atomic E-state index is -1.86. The maximum Gasteiger partial charge on any atom is 0.245 e. The number of phenols is 1. The lowest BCUT2D eigenvalue weighted by atomic mass is 10.0. The van der Waals surface area contributed by atoms with Crippen LogP contribution in [0.5, 0.6) is 5.75 Å². The fourth-order valence-electron chi connectivity index (χ4n) is 8.61. The molecule has 0 aromatic heterocycles. The van der Waals surface area contributed by atoms with Gasteiger partial charge in [-0.1, -0.05) is 76.8 Å². The highest BCUT2D eigenvalue weighted by atomic mass is 16.3. The van der Waals surface area contributed by atoms with Crippen LogP contribution in [0, 0.1) is 0 Å². The summed E-state index contributed by atoms with van der Waals surface area (Å²) >= 11 is 0. The number of amides is 12. The minimum Gasteiger partial charge on any atom is -0.508 e. The molecule has 74 heavy (non-hydrogen) atoms. The normalized spacial score (nSPS) is 24.1. The van der Waals surface area contributed by atoms with E-state index < -0.39 is 164 Å². The molecule has 0 radical (unpaired) electrons. The van der Waals surface area contributed by atoms with E-state index in [1.165, 1.54) is 24.3 Å². The number of phenolic OH excluding ortho intramolecular Hbond substituents is 1. The summed E-state index contributed by atoms with van der Waals surface area (Å²) in [5.74, 6) is -12.6. The number of nitrogens with zero attached hydrogens (tertiary/aromatic N) is 1. The third kappa shape index (κ3) is 21.4. The first kappa shape index (κ1) is 60.9. The zero-order valence-electron chi connectivity index (χ0n) is 41.8. The molecule has 17 N–H and O–H groups in total. The van der Waals surface area contributed by atoms with Crippen LogP contribution in [0.1, 0.15) is 128 Å². The molecule has 3 rings (SSSR count). The van der Waals surface area contributed by atoms with Crippen LogP contribution in [0.2, 0.25) is 0 Å². The standard InChI is InChI=1S/C48H74N12O14/c1-2-3-4-5-6-7-8-9-10-12-28-22-41(67)54-32(23-38(50)64)43(69)56-31(21-27-14-16-29(62)17-15-27)42(68)57-33(24-39(51)65)44(70)55-30(18-19-37(49)63)48(74)60-20-11-13-36(60)47(73)58-34(25-40(52)66)45(71)59-35(26-61)46(72)53-28/h14-17,28,30-36,61-62H,2-13,18-26H2,1H3,(H2,49,63)(H2,50,64)(H2,51,65)(H2,52,66)(H,53,72)(H,54,67)(H,55,70)(H,56,69)(H,57,68)(H,58,73)(H,59,71)/t28-,30+,31-,32+,33-,34-,35+,36+/m1/s1. The van der Waals surface area contributed by atoms with Gasteiger partial charge in [-0.25, -0.2) is 0 Å². The van der Waals surface area contributed by atoms with Crippen molar-refractivity contribution in [2.45, 2.75) is 177 Å². The third-order valence-electron chi connectivity index (χ3n) is 12.5. The van der Waals surface area contributed by atoms with E-state index in [1.807, 2.05) is 0 Å². The molecule has 2 heterocycles. The fourth-order valence-corrected chi connectivity index (χ4v) is 8.61. The molecule has 1 aromatic carbocycles. The van der Waals surface area contributed by atoms with Gasteiger partial charge in [-0.05, 0) is 43.4 Å². The van der Waals surface area contributed by atoms with Gasteiger partial charge in [-0.15, -0.1) is 0 Å². The topological polar surface area (TPSA) is 437 Å². The minimum absolute atomic E-state index is 0.00333. The van der Waals surface area contributed by atoms with E-state index in [9.17, 15) is 67.7 Å². The molecule has 410 valence electrons. The summed E-state index contributed by atoms with van der Waals surface area (Å²) in [6.45, 7) is 1.03. The molecule has 26 nitrogen and oxygen atoms in total. The molecular formula is C48H74N12O14. The molecule has 26 heteroatoms. The second-order valence-electron chi connectivity index (χ2n) is 18.7. The van der Waals surface area contributed by atoms with Gasteiger partial charge < -0.3 is 75.3 Å². The Hall–Kier alpha value is -7.38. The monoisotopic (exact) mass is 1040 g/mol. The van der Waals surface area contributed by atoms with Crippen LogP contribution in [0.4, 0.5) is 0 Å². The van der Waals surface area contributed by atoms with Crippen molar-refractivity contribution in [2.24, 2.45) is 22.9 Å². The summed E-state index contributed by atoms with van der Waals surface area (Å²) in [5, 5.41) is 37.2. The Bertz CT molecular complexity index is 2160. The number of rotatable bonds is 22. The number of carbonyl (C=O) groups excluding carboxylic acids is 12. The van der Waals surface area contributed by atoms with Crippen molar-refractivity contribution in [1.82, 2.24) is 42.1 Å². The van der Waals surface area contributed by atoms with Crippen molar-refractivity contribution >= 4 is 70.9 Å². The molecule has 12 amide bonds. The van der Waals surface area contributed by atoms with E-state index in [0.29, 0.717) is 18.4 Å². The van der Waals surface area contributed by atoms with Gasteiger partial charge in [0.05, 0.1) is 25.9 Å². The molecule has 0 aliphatic carbocycles. The molecule has 0 spiro atoms. The highest BCUT2D eigenvalue weighted by Crippen LogP contribution is 2.21. The Labute approximate surface area is 428 Å². The second kappa shape index (κ2) is 31.3. The van der Waals surface area contributed by atoms with Crippen LogP contribution in [0.15, 0.2) is 24.3 Å². The van der Waals surface area contributed by atoms with E-state index >= 15 is 0 Å². The zero-order valence-corrected chi connectivity index (χ0v) is 41.8. The van der Waals surface area contributed by atoms with Gasteiger partial charge in [0.1, 0.15) is 48.0 Å². The molecule has 0 bridgehead atoms. The van der Waals surface area contributed by atoms with Crippen molar-refractivity contribution in [3.8, 4) is 5.75 Å². The molecule has 2 fully saturated rings. The molecule has 0 saturated carbocycles. The van der Waals surface area contributed by atoms with Gasteiger partial charge in [0, 0.05) is 31.8 Å². The number of aromatic hydroxyl groups is 1. The Kier molecular flexibility index (Phi) is 25.7. The van der Waals surface area contributed by atoms with Crippen molar-refractivity contribution in [2.75, 3.05) is 13.2 Å². The number of aliphatic hydroxyl groups excluding tert-OH is 1. The number of hydrogen-bond donors (Lipinski definition) is 13. The quantitative estimate of drug-likeness (QED) is 0.0502. The van der Waals surface area contributed by atoms with Crippen molar-refractivity contribution in [3.63, 3.8) is 0 Å². The average molecular weight is 1040 g/mol. The van der Waals surface area contributed by atoms with Crippen LogP contribution in [-0.4, -0.2) is 147 Å². The van der Waals surface area contributed by atoms with E-state index in [4.69, 9.17) is 22.9 Å². The maximum atomic E-state index is 14.3. The van der Waals surface area contributed by atoms with Crippen molar-refractivity contribution in [1.29, 1.82) is 0 Å². The van der Waals surface area contributed by atoms with Crippen LogP contribution in [-0.2, 0) is 64.0 Å². The molecule has 8 atom stereocenters. The van der Waals surface area contributed by atoms with Crippen LogP contribution in [0.3, 0.4) is 0 Å². The lowest BCUT2D eigenvalue weighted by Gasteiger charge is -2.31. The van der Waals surface area contributed by atoms with E-state index in [1.54, 1.807) is 0 Å².